The monoisotopic (exact) mass is 316 g/mol. The van der Waals surface area contributed by atoms with Crippen LogP contribution in [0.15, 0.2) is 24.3 Å². The van der Waals surface area contributed by atoms with E-state index in [-0.39, 0.29) is 5.91 Å². The van der Waals surface area contributed by atoms with Crippen molar-refractivity contribution in [1.29, 1.82) is 0 Å². The summed E-state index contributed by atoms with van der Waals surface area (Å²) in [4.78, 5) is 12.1. The molecule has 0 spiro atoms. The Hall–Kier alpha value is -1.97. The number of hydrogen-bond acceptors (Lipinski definition) is 3. The maximum Gasteiger partial charge on any atom is 0.244 e. The van der Waals surface area contributed by atoms with Gasteiger partial charge in [0.2, 0.25) is 5.91 Å². The summed E-state index contributed by atoms with van der Waals surface area (Å²) >= 11 is 0. The van der Waals surface area contributed by atoms with Crippen molar-refractivity contribution in [2.75, 3.05) is 12.3 Å². The second-order valence-corrected chi connectivity index (χ2v) is 6.36. The highest BCUT2D eigenvalue weighted by atomic mass is 16.5. The average molecular weight is 316 g/mol. The number of nitrogen functional groups attached to an aromatic ring is 1. The molecule has 1 saturated carbocycles. The molecule has 1 fully saturated rings. The minimum absolute atomic E-state index is 0.0337. The SMILES string of the molecule is CCCOc1ccc(/C=C\C(=O)NC2CCCCC2C)cc1N. The van der Waals surface area contributed by atoms with Crippen LogP contribution in [-0.2, 0) is 4.79 Å². The van der Waals surface area contributed by atoms with Crippen LogP contribution < -0.4 is 15.8 Å². The molecule has 0 saturated heterocycles. The standard InChI is InChI=1S/C19H28N2O2/c1-3-12-23-18-10-8-15(13-16(18)20)9-11-19(22)21-17-7-5-4-6-14(17)2/h8-11,13-14,17H,3-7,12,20H2,1-2H3,(H,21,22)/b11-9-. The molecular formula is C19H28N2O2. The zero-order valence-corrected chi connectivity index (χ0v) is 14.2. The van der Waals surface area contributed by atoms with E-state index in [9.17, 15) is 4.79 Å². The van der Waals surface area contributed by atoms with Crippen molar-refractivity contribution in [3.63, 3.8) is 0 Å². The van der Waals surface area contributed by atoms with E-state index in [1.165, 1.54) is 19.3 Å². The van der Waals surface area contributed by atoms with Crippen LogP contribution in [0.25, 0.3) is 6.08 Å². The average Bonchev–Trinajstić information content (AvgIpc) is 2.54. The van der Waals surface area contributed by atoms with Crippen LogP contribution in [0, 0.1) is 5.92 Å². The largest absolute Gasteiger partial charge is 0.491 e. The summed E-state index contributed by atoms with van der Waals surface area (Å²) in [6, 6.07) is 5.90. The predicted molar refractivity (Wildman–Crippen MR) is 95.2 cm³/mol. The molecule has 2 unspecified atom stereocenters. The number of benzene rings is 1. The van der Waals surface area contributed by atoms with E-state index in [2.05, 4.69) is 19.2 Å². The van der Waals surface area contributed by atoms with E-state index >= 15 is 0 Å². The molecule has 23 heavy (non-hydrogen) atoms. The van der Waals surface area contributed by atoms with E-state index in [0.29, 0.717) is 30.0 Å². The van der Waals surface area contributed by atoms with Gasteiger partial charge in [-0.1, -0.05) is 32.8 Å². The number of carbonyl (C=O) groups is 1. The number of nitrogens with one attached hydrogen (secondary N) is 1. The Labute approximate surface area is 139 Å². The molecule has 1 aromatic carbocycles. The second-order valence-electron chi connectivity index (χ2n) is 6.36. The van der Waals surface area contributed by atoms with Crippen molar-refractivity contribution >= 4 is 17.7 Å². The Morgan fingerprint density at radius 3 is 2.87 bits per heavy atom. The van der Waals surface area contributed by atoms with Gasteiger partial charge in [0.05, 0.1) is 12.3 Å². The highest BCUT2D eigenvalue weighted by molar-refractivity contribution is 5.92. The van der Waals surface area contributed by atoms with Gasteiger partial charge in [-0.2, -0.15) is 0 Å². The van der Waals surface area contributed by atoms with Gasteiger partial charge in [-0.3, -0.25) is 4.79 Å². The summed E-state index contributed by atoms with van der Waals surface area (Å²) in [5.74, 6) is 1.23. The van der Waals surface area contributed by atoms with Gasteiger partial charge in [-0.05, 0) is 49.0 Å². The summed E-state index contributed by atoms with van der Waals surface area (Å²) in [5, 5.41) is 3.11. The Morgan fingerprint density at radius 1 is 1.39 bits per heavy atom. The Morgan fingerprint density at radius 2 is 2.17 bits per heavy atom. The normalized spacial score (nSPS) is 21.3. The van der Waals surface area contributed by atoms with Gasteiger partial charge in [0.15, 0.2) is 0 Å². The molecule has 2 atom stereocenters. The lowest BCUT2D eigenvalue weighted by Crippen LogP contribution is -2.40. The maximum absolute atomic E-state index is 12.1. The number of carbonyl (C=O) groups excluding carboxylic acids is 1. The third kappa shape index (κ3) is 5.31. The molecule has 0 aliphatic heterocycles. The lowest BCUT2D eigenvalue weighted by atomic mass is 9.86. The first-order valence-corrected chi connectivity index (χ1v) is 8.61. The van der Waals surface area contributed by atoms with E-state index in [1.807, 2.05) is 18.2 Å². The number of rotatable bonds is 6. The van der Waals surface area contributed by atoms with E-state index in [4.69, 9.17) is 10.5 Å². The van der Waals surface area contributed by atoms with Gasteiger partial charge in [0, 0.05) is 12.1 Å². The first kappa shape index (κ1) is 17.4. The van der Waals surface area contributed by atoms with Gasteiger partial charge in [0.1, 0.15) is 5.75 Å². The van der Waals surface area contributed by atoms with Crippen LogP contribution >= 0.6 is 0 Å². The van der Waals surface area contributed by atoms with Crippen LogP contribution in [0.1, 0.15) is 51.5 Å². The summed E-state index contributed by atoms with van der Waals surface area (Å²) in [7, 11) is 0. The molecule has 4 nitrogen and oxygen atoms in total. The fourth-order valence-corrected chi connectivity index (χ4v) is 2.95. The number of nitrogens with two attached hydrogens (primary N) is 1. The zero-order valence-electron chi connectivity index (χ0n) is 14.2. The number of ether oxygens (including phenoxy) is 1. The van der Waals surface area contributed by atoms with Crippen molar-refractivity contribution in [3.05, 3.63) is 29.8 Å². The molecule has 0 aromatic heterocycles. The van der Waals surface area contributed by atoms with Crippen molar-refractivity contribution in [3.8, 4) is 5.75 Å². The quantitative estimate of drug-likeness (QED) is 0.620. The van der Waals surface area contributed by atoms with Crippen LogP contribution in [0.2, 0.25) is 0 Å². The minimum Gasteiger partial charge on any atom is -0.491 e. The van der Waals surface area contributed by atoms with Crippen LogP contribution in [0.3, 0.4) is 0 Å². The topological polar surface area (TPSA) is 64.3 Å². The van der Waals surface area contributed by atoms with Crippen LogP contribution in [0.5, 0.6) is 5.75 Å². The third-order valence-electron chi connectivity index (χ3n) is 4.36. The molecule has 0 radical (unpaired) electrons. The molecule has 0 bridgehead atoms. The number of anilines is 1. The first-order valence-electron chi connectivity index (χ1n) is 8.61. The Balaban J connectivity index is 1.91. The Bertz CT molecular complexity index is 554. The predicted octanol–water partition coefficient (Wildman–Crippen LogP) is 3.77. The van der Waals surface area contributed by atoms with Gasteiger partial charge < -0.3 is 15.8 Å². The van der Waals surface area contributed by atoms with E-state index < -0.39 is 0 Å². The summed E-state index contributed by atoms with van der Waals surface area (Å²) < 4.78 is 5.55. The number of hydrogen-bond donors (Lipinski definition) is 2. The molecule has 3 N–H and O–H groups in total. The van der Waals surface area contributed by atoms with E-state index in [1.54, 1.807) is 12.2 Å². The van der Waals surface area contributed by atoms with Crippen molar-refractivity contribution in [1.82, 2.24) is 5.32 Å². The van der Waals surface area contributed by atoms with Crippen LogP contribution in [0.4, 0.5) is 5.69 Å². The molecule has 2 rings (SSSR count). The minimum atomic E-state index is -0.0337. The fraction of sp³-hybridized carbons (Fsp3) is 0.526. The van der Waals surface area contributed by atoms with Gasteiger partial charge in [-0.15, -0.1) is 0 Å². The third-order valence-corrected chi connectivity index (χ3v) is 4.36. The Kier molecular flexibility index (Phi) is 6.51. The smallest absolute Gasteiger partial charge is 0.244 e. The molecule has 126 valence electrons. The van der Waals surface area contributed by atoms with Crippen LogP contribution in [-0.4, -0.2) is 18.6 Å². The van der Waals surface area contributed by atoms with Crippen molar-refractivity contribution in [2.24, 2.45) is 5.92 Å². The molecule has 1 amide bonds. The van der Waals surface area contributed by atoms with Gasteiger partial charge >= 0.3 is 0 Å². The van der Waals surface area contributed by atoms with Crippen molar-refractivity contribution in [2.45, 2.75) is 52.0 Å². The maximum atomic E-state index is 12.1. The number of amides is 1. The fourth-order valence-electron chi connectivity index (χ4n) is 2.95. The second kappa shape index (κ2) is 8.61. The van der Waals surface area contributed by atoms with E-state index in [0.717, 1.165) is 18.4 Å². The molecule has 1 aromatic rings. The molecule has 4 heteroatoms. The summed E-state index contributed by atoms with van der Waals surface area (Å²) in [5.41, 5.74) is 7.48. The molecule has 0 heterocycles. The molecule has 1 aliphatic rings. The summed E-state index contributed by atoms with van der Waals surface area (Å²) in [6.07, 6.45) is 9.08. The zero-order chi connectivity index (χ0) is 16.7. The summed E-state index contributed by atoms with van der Waals surface area (Å²) in [6.45, 7) is 4.92. The highest BCUT2D eigenvalue weighted by Gasteiger charge is 2.21. The van der Waals surface area contributed by atoms with Crippen molar-refractivity contribution < 1.29 is 9.53 Å². The van der Waals surface area contributed by atoms with Gasteiger partial charge in [-0.25, -0.2) is 0 Å². The lowest BCUT2D eigenvalue weighted by Gasteiger charge is -2.29. The lowest BCUT2D eigenvalue weighted by molar-refractivity contribution is -0.117. The molecular weight excluding hydrogens is 288 g/mol. The highest BCUT2D eigenvalue weighted by Crippen LogP contribution is 2.24. The molecule has 1 aliphatic carbocycles. The van der Waals surface area contributed by atoms with Gasteiger partial charge in [0.25, 0.3) is 0 Å². The first-order chi connectivity index (χ1) is 11.1.